The summed E-state index contributed by atoms with van der Waals surface area (Å²) in [4.78, 5) is 18.5. The van der Waals surface area contributed by atoms with E-state index in [1.807, 2.05) is 12.1 Å². The van der Waals surface area contributed by atoms with Gasteiger partial charge in [0.2, 0.25) is 5.91 Å². The molecule has 1 aliphatic heterocycles. The standard InChI is InChI=1S/C22H23N3O2/c1-16(26)24-21-9-8-19(20-7-4-10-23-22(20)21)18-6-3-2-5-17(18)15-25-11-13-27-14-12-25/h2-10H,11-15H2,1H3,(H,24,26). The molecule has 5 heteroatoms. The van der Waals surface area contributed by atoms with Crippen molar-refractivity contribution in [1.82, 2.24) is 9.88 Å². The van der Waals surface area contributed by atoms with E-state index in [1.54, 1.807) is 6.20 Å². The lowest BCUT2D eigenvalue weighted by atomic mass is 9.95. The molecule has 1 saturated heterocycles. The average Bonchev–Trinajstić information content (AvgIpc) is 2.69. The number of ether oxygens (including phenoxy) is 1. The lowest BCUT2D eigenvalue weighted by Crippen LogP contribution is -2.35. The maximum absolute atomic E-state index is 11.5. The quantitative estimate of drug-likeness (QED) is 0.770. The molecule has 27 heavy (non-hydrogen) atoms. The summed E-state index contributed by atoms with van der Waals surface area (Å²) in [6.07, 6.45) is 1.76. The minimum Gasteiger partial charge on any atom is -0.379 e. The van der Waals surface area contributed by atoms with Crippen molar-refractivity contribution >= 4 is 22.5 Å². The summed E-state index contributed by atoms with van der Waals surface area (Å²) in [5, 5.41) is 3.92. The fourth-order valence-corrected chi connectivity index (χ4v) is 3.62. The van der Waals surface area contributed by atoms with E-state index in [2.05, 4.69) is 51.6 Å². The first-order chi connectivity index (χ1) is 13.2. The average molecular weight is 361 g/mol. The number of anilines is 1. The van der Waals surface area contributed by atoms with Crippen LogP contribution in [0.5, 0.6) is 0 Å². The van der Waals surface area contributed by atoms with E-state index in [0.717, 1.165) is 55.0 Å². The molecule has 2 heterocycles. The molecular formula is C22H23N3O2. The number of rotatable bonds is 4. The molecule has 0 spiro atoms. The summed E-state index contributed by atoms with van der Waals surface area (Å²) < 4.78 is 5.47. The van der Waals surface area contributed by atoms with Crippen molar-refractivity contribution in [3.8, 4) is 11.1 Å². The second kappa shape index (κ2) is 7.86. The first kappa shape index (κ1) is 17.6. The number of nitrogens with one attached hydrogen (secondary N) is 1. The third kappa shape index (κ3) is 3.84. The Kier molecular flexibility index (Phi) is 5.14. The van der Waals surface area contributed by atoms with E-state index in [4.69, 9.17) is 4.74 Å². The molecule has 0 bridgehead atoms. The van der Waals surface area contributed by atoms with Crippen LogP contribution in [0.2, 0.25) is 0 Å². The summed E-state index contributed by atoms with van der Waals surface area (Å²) in [7, 11) is 0. The van der Waals surface area contributed by atoms with Crippen LogP contribution < -0.4 is 5.32 Å². The van der Waals surface area contributed by atoms with Gasteiger partial charge in [-0.2, -0.15) is 0 Å². The molecule has 1 amide bonds. The molecule has 5 nitrogen and oxygen atoms in total. The van der Waals surface area contributed by atoms with E-state index >= 15 is 0 Å². The Hall–Kier alpha value is -2.76. The van der Waals surface area contributed by atoms with Gasteiger partial charge in [-0.05, 0) is 28.8 Å². The molecular weight excluding hydrogens is 338 g/mol. The molecule has 1 fully saturated rings. The minimum absolute atomic E-state index is 0.0950. The Morgan fingerprint density at radius 1 is 1.07 bits per heavy atom. The van der Waals surface area contributed by atoms with Gasteiger partial charge in [-0.1, -0.05) is 36.4 Å². The van der Waals surface area contributed by atoms with Gasteiger partial charge in [-0.25, -0.2) is 0 Å². The van der Waals surface area contributed by atoms with Gasteiger partial charge >= 0.3 is 0 Å². The summed E-state index contributed by atoms with van der Waals surface area (Å²) in [5.41, 5.74) is 5.18. The summed E-state index contributed by atoms with van der Waals surface area (Å²) in [5.74, 6) is -0.0950. The fourth-order valence-electron chi connectivity index (χ4n) is 3.62. The van der Waals surface area contributed by atoms with Crippen LogP contribution in [-0.2, 0) is 16.1 Å². The topological polar surface area (TPSA) is 54.5 Å². The highest BCUT2D eigenvalue weighted by Gasteiger charge is 2.16. The number of aromatic nitrogens is 1. The van der Waals surface area contributed by atoms with Gasteiger partial charge in [0.25, 0.3) is 0 Å². The molecule has 2 aromatic carbocycles. The summed E-state index contributed by atoms with van der Waals surface area (Å²) in [6, 6.07) is 16.5. The Bertz CT molecular complexity index is 965. The smallest absolute Gasteiger partial charge is 0.221 e. The normalized spacial score (nSPS) is 15.0. The van der Waals surface area contributed by atoms with Gasteiger partial charge in [0.1, 0.15) is 0 Å². The Morgan fingerprint density at radius 3 is 2.70 bits per heavy atom. The molecule has 1 N–H and O–H groups in total. The SMILES string of the molecule is CC(=O)Nc1ccc(-c2ccccc2CN2CCOCC2)c2cccnc12. The number of fused-ring (bicyclic) bond motifs is 1. The highest BCUT2D eigenvalue weighted by atomic mass is 16.5. The zero-order valence-electron chi connectivity index (χ0n) is 15.4. The van der Waals surface area contributed by atoms with Crippen LogP contribution in [0.25, 0.3) is 22.0 Å². The number of carbonyl (C=O) groups excluding carboxylic acids is 1. The van der Waals surface area contributed by atoms with Gasteiger partial charge in [0.15, 0.2) is 0 Å². The number of benzene rings is 2. The van der Waals surface area contributed by atoms with Crippen molar-refractivity contribution in [1.29, 1.82) is 0 Å². The van der Waals surface area contributed by atoms with Crippen molar-refractivity contribution in [2.45, 2.75) is 13.5 Å². The van der Waals surface area contributed by atoms with Crippen molar-refractivity contribution in [3.63, 3.8) is 0 Å². The van der Waals surface area contributed by atoms with Gasteiger partial charge in [-0.15, -0.1) is 0 Å². The second-order valence-corrected chi connectivity index (χ2v) is 6.79. The second-order valence-electron chi connectivity index (χ2n) is 6.79. The van der Waals surface area contributed by atoms with Crippen LogP contribution in [-0.4, -0.2) is 42.1 Å². The van der Waals surface area contributed by atoms with Crippen molar-refractivity contribution in [2.75, 3.05) is 31.6 Å². The highest BCUT2D eigenvalue weighted by Crippen LogP contribution is 2.34. The van der Waals surface area contributed by atoms with Gasteiger partial charge in [-0.3, -0.25) is 14.7 Å². The third-order valence-corrected chi connectivity index (χ3v) is 4.89. The summed E-state index contributed by atoms with van der Waals surface area (Å²) in [6.45, 7) is 5.91. The molecule has 138 valence electrons. The molecule has 0 aliphatic carbocycles. The largest absolute Gasteiger partial charge is 0.379 e. The van der Waals surface area contributed by atoms with Gasteiger partial charge in [0.05, 0.1) is 24.4 Å². The lowest BCUT2D eigenvalue weighted by molar-refractivity contribution is -0.114. The van der Waals surface area contributed by atoms with Crippen molar-refractivity contribution in [2.24, 2.45) is 0 Å². The van der Waals surface area contributed by atoms with E-state index < -0.39 is 0 Å². The first-order valence-electron chi connectivity index (χ1n) is 9.26. The zero-order chi connectivity index (χ0) is 18.6. The molecule has 0 saturated carbocycles. The maximum Gasteiger partial charge on any atom is 0.221 e. The van der Waals surface area contributed by atoms with Crippen LogP contribution in [0.15, 0.2) is 54.7 Å². The lowest BCUT2D eigenvalue weighted by Gasteiger charge is -2.27. The van der Waals surface area contributed by atoms with Crippen molar-refractivity contribution < 1.29 is 9.53 Å². The number of carbonyl (C=O) groups is 1. The molecule has 0 atom stereocenters. The molecule has 1 aliphatic rings. The monoisotopic (exact) mass is 361 g/mol. The molecule has 4 rings (SSSR count). The molecule has 0 unspecified atom stereocenters. The van der Waals surface area contributed by atoms with Crippen LogP contribution in [0, 0.1) is 0 Å². The molecule has 1 aromatic heterocycles. The van der Waals surface area contributed by atoms with Crippen LogP contribution in [0.1, 0.15) is 12.5 Å². The molecule has 0 radical (unpaired) electrons. The number of pyridine rings is 1. The van der Waals surface area contributed by atoms with Crippen LogP contribution in [0.4, 0.5) is 5.69 Å². The van der Waals surface area contributed by atoms with E-state index in [-0.39, 0.29) is 5.91 Å². The maximum atomic E-state index is 11.5. The van der Waals surface area contributed by atoms with Crippen LogP contribution in [0.3, 0.4) is 0 Å². The fraction of sp³-hybridized carbons (Fsp3) is 0.273. The number of nitrogens with zero attached hydrogens (tertiary/aromatic N) is 2. The Morgan fingerprint density at radius 2 is 1.89 bits per heavy atom. The predicted molar refractivity (Wildman–Crippen MR) is 108 cm³/mol. The Labute approximate surface area is 159 Å². The Balaban J connectivity index is 1.78. The van der Waals surface area contributed by atoms with Crippen molar-refractivity contribution in [3.05, 3.63) is 60.3 Å². The van der Waals surface area contributed by atoms with Gasteiger partial charge < -0.3 is 10.1 Å². The molecule has 3 aromatic rings. The van der Waals surface area contributed by atoms with Crippen LogP contribution >= 0.6 is 0 Å². The first-order valence-corrected chi connectivity index (χ1v) is 9.26. The number of amides is 1. The highest BCUT2D eigenvalue weighted by molar-refractivity contribution is 6.05. The summed E-state index contributed by atoms with van der Waals surface area (Å²) >= 11 is 0. The zero-order valence-corrected chi connectivity index (χ0v) is 15.4. The van der Waals surface area contributed by atoms with E-state index in [0.29, 0.717) is 0 Å². The minimum atomic E-state index is -0.0950. The third-order valence-electron chi connectivity index (χ3n) is 4.89. The number of hydrogen-bond acceptors (Lipinski definition) is 4. The van der Waals surface area contributed by atoms with E-state index in [9.17, 15) is 4.79 Å². The van der Waals surface area contributed by atoms with E-state index in [1.165, 1.54) is 18.1 Å². The predicted octanol–water partition coefficient (Wildman–Crippen LogP) is 3.69. The van der Waals surface area contributed by atoms with Gasteiger partial charge in [0, 0.05) is 38.1 Å². The number of morpholine rings is 1. The number of hydrogen-bond donors (Lipinski definition) is 1.